The summed E-state index contributed by atoms with van der Waals surface area (Å²) in [4.78, 5) is 28.5. The highest BCUT2D eigenvalue weighted by Gasteiger charge is 2.28. The summed E-state index contributed by atoms with van der Waals surface area (Å²) < 4.78 is 1.99. The lowest BCUT2D eigenvalue weighted by Crippen LogP contribution is -2.20. The van der Waals surface area contributed by atoms with E-state index in [1.54, 1.807) is 12.4 Å². The van der Waals surface area contributed by atoms with Gasteiger partial charge < -0.3 is 9.67 Å². The van der Waals surface area contributed by atoms with Gasteiger partial charge in [0.2, 0.25) is 5.43 Å². The quantitative estimate of drug-likeness (QED) is 0.792. The molecule has 0 radical (unpaired) electrons. The Balaban J connectivity index is 2.15. The van der Waals surface area contributed by atoms with E-state index in [0.717, 1.165) is 40.6 Å². The highest BCUT2D eigenvalue weighted by Crippen LogP contribution is 2.40. The first-order valence-corrected chi connectivity index (χ1v) is 8.31. The van der Waals surface area contributed by atoms with Crippen LogP contribution in [0.15, 0.2) is 41.6 Å². The number of benzene rings is 1. The second-order valence-electron chi connectivity index (χ2n) is 6.65. The lowest BCUT2D eigenvalue weighted by molar-refractivity contribution is 0.0695. The first kappa shape index (κ1) is 15.6. The van der Waals surface area contributed by atoms with Gasteiger partial charge in [0.05, 0.1) is 5.52 Å². The molecule has 2 heterocycles. The van der Waals surface area contributed by atoms with Gasteiger partial charge in [-0.2, -0.15) is 0 Å². The zero-order valence-corrected chi connectivity index (χ0v) is 14.1. The number of carboxylic acids is 1. The Labute approximate surface area is 144 Å². The number of aromatic carboxylic acids is 1. The predicted octanol–water partition coefficient (Wildman–Crippen LogP) is 3.71. The minimum Gasteiger partial charge on any atom is -0.477 e. The first-order valence-electron chi connectivity index (χ1n) is 8.31. The van der Waals surface area contributed by atoms with Gasteiger partial charge in [0.15, 0.2) is 0 Å². The summed E-state index contributed by atoms with van der Waals surface area (Å²) >= 11 is 0. The standard InChI is InChI=1S/C20H18N2O3/c1-11-8-15(13-4-3-7-21-9-13)12(2)18-17(11)19(23)16(20(24)25)10-22(18)14-5-6-14/h3-4,7-10,14H,5-6H2,1-2H3,(H,24,25). The fraction of sp³-hybridized carbons (Fsp3) is 0.250. The minimum atomic E-state index is -1.17. The summed E-state index contributed by atoms with van der Waals surface area (Å²) in [6.07, 6.45) is 7.06. The van der Waals surface area contributed by atoms with Crippen LogP contribution in [0.25, 0.3) is 22.0 Å². The van der Waals surface area contributed by atoms with Crippen molar-refractivity contribution in [3.63, 3.8) is 0 Å². The van der Waals surface area contributed by atoms with Crippen LogP contribution in [-0.2, 0) is 0 Å². The highest BCUT2D eigenvalue weighted by atomic mass is 16.4. The largest absolute Gasteiger partial charge is 0.477 e. The lowest BCUT2D eigenvalue weighted by atomic mass is 9.94. The molecule has 4 rings (SSSR count). The Bertz CT molecular complexity index is 1060. The van der Waals surface area contributed by atoms with E-state index in [2.05, 4.69) is 4.98 Å². The molecule has 0 aliphatic heterocycles. The van der Waals surface area contributed by atoms with E-state index in [4.69, 9.17) is 0 Å². The van der Waals surface area contributed by atoms with Crippen molar-refractivity contribution < 1.29 is 9.90 Å². The molecule has 0 unspecified atom stereocenters. The molecule has 1 aromatic carbocycles. The van der Waals surface area contributed by atoms with Crippen molar-refractivity contribution in [3.05, 3.63) is 63.7 Å². The maximum atomic E-state index is 12.8. The smallest absolute Gasteiger partial charge is 0.341 e. The number of aromatic nitrogens is 2. The number of rotatable bonds is 3. The van der Waals surface area contributed by atoms with Gasteiger partial charge in [0.1, 0.15) is 5.56 Å². The number of aryl methyl sites for hydroxylation is 2. The summed E-state index contributed by atoms with van der Waals surface area (Å²) in [5.41, 5.74) is 4.07. The Morgan fingerprint density at radius 3 is 2.68 bits per heavy atom. The maximum Gasteiger partial charge on any atom is 0.341 e. The van der Waals surface area contributed by atoms with Crippen molar-refractivity contribution in [1.82, 2.24) is 9.55 Å². The summed E-state index contributed by atoms with van der Waals surface area (Å²) in [7, 11) is 0. The van der Waals surface area contributed by atoms with Crippen LogP contribution < -0.4 is 5.43 Å². The lowest BCUT2D eigenvalue weighted by Gasteiger charge is -2.18. The van der Waals surface area contributed by atoms with Gasteiger partial charge in [-0.1, -0.05) is 12.1 Å². The van der Waals surface area contributed by atoms with Crippen molar-refractivity contribution in [2.24, 2.45) is 0 Å². The molecule has 0 spiro atoms. The van der Waals surface area contributed by atoms with E-state index in [1.807, 2.05) is 36.6 Å². The molecule has 2 aromatic heterocycles. The summed E-state index contributed by atoms with van der Waals surface area (Å²) in [6, 6.07) is 6.10. The summed E-state index contributed by atoms with van der Waals surface area (Å²) in [6.45, 7) is 3.86. The van der Waals surface area contributed by atoms with Crippen LogP contribution in [0, 0.1) is 13.8 Å². The van der Waals surface area contributed by atoms with Crippen LogP contribution in [0.2, 0.25) is 0 Å². The molecule has 0 bridgehead atoms. The Hall–Kier alpha value is -2.95. The van der Waals surface area contributed by atoms with Crippen LogP contribution in [0.4, 0.5) is 0 Å². The molecule has 5 nitrogen and oxygen atoms in total. The van der Waals surface area contributed by atoms with Crippen molar-refractivity contribution in [2.75, 3.05) is 0 Å². The van der Waals surface area contributed by atoms with E-state index in [-0.39, 0.29) is 11.6 Å². The SMILES string of the molecule is Cc1cc(-c2cccnc2)c(C)c2c1c(=O)c(C(=O)O)cn2C1CC1. The zero-order valence-electron chi connectivity index (χ0n) is 14.1. The summed E-state index contributed by atoms with van der Waals surface area (Å²) in [5.74, 6) is -1.17. The average molecular weight is 334 g/mol. The monoisotopic (exact) mass is 334 g/mol. The normalized spacial score (nSPS) is 14.0. The molecule has 126 valence electrons. The third-order valence-corrected chi connectivity index (χ3v) is 4.89. The maximum absolute atomic E-state index is 12.8. The van der Waals surface area contributed by atoms with Crippen LogP contribution in [-0.4, -0.2) is 20.6 Å². The molecule has 1 aliphatic rings. The molecule has 0 atom stereocenters. The highest BCUT2D eigenvalue weighted by molar-refractivity contribution is 5.97. The van der Waals surface area contributed by atoms with Crippen LogP contribution >= 0.6 is 0 Å². The van der Waals surface area contributed by atoms with Crippen LogP contribution in [0.3, 0.4) is 0 Å². The van der Waals surface area contributed by atoms with Crippen LogP contribution in [0.5, 0.6) is 0 Å². The molecule has 0 amide bonds. The number of carboxylic acid groups (broad SMARTS) is 1. The predicted molar refractivity (Wildman–Crippen MR) is 96.1 cm³/mol. The van der Waals surface area contributed by atoms with Crippen LogP contribution in [0.1, 0.15) is 40.4 Å². The average Bonchev–Trinajstić information content (AvgIpc) is 3.43. The van der Waals surface area contributed by atoms with Crippen molar-refractivity contribution in [1.29, 1.82) is 0 Å². The topological polar surface area (TPSA) is 72.2 Å². The number of carbonyl (C=O) groups is 1. The third-order valence-electron chi connectivity index (χ3n) is 4.89. The number of nitrogens with zero attached hydrogens (tertiary/aromatic N) is 2. The molecular weight excluding hydrogens is 316 g/mol. The van der Waals surface area contributed by atoms with Crippen molar-refractivity contribution >= 4 is 16.9 Å². The molecule has 5 heteroatoms. The number of hydrogen-bond acceptors (Lipinski definition) is 3. The first-order chi connectivity index (χ1) is 12.0. The Morgan fingerprint density at radius 2 is 2.08 bits per heavy atom. The molecule has 1 N–H and O–H groups in total. The van der Waals surface area contributed by atoms with Gasteiger partial charge in [-0.05, 0) is 49.4 Å². The van der Waals surface area contributed by atoms with Gasteiger partial charge in [0, 0.05) is 35.6 Å². The number of fused-ring (bicyclic) bond motifs is 1. The Morgan fingerprint density at radius 1 is 1.32 bits per heavy atom. The van der Waals surface area contributed by atoms with E-state index in [0.29, 0.717) is 5.39 Å². The van der Waals surface area contributed by atoms with Gasteiger partial charge in [0.25, 0.3) is 0 Å². The van der Waals surface area contributed by atoms with E-state index in [1.165, 1.54) is 6.20 Å². The Kier molecular flexibility index (Phi) is 3.46. The molecule has 3 aromatic rings. The fourth-order valence-corrected chi connectivity index (χ4v) is 3.52. The molecular formula is C20H18N2O3. The number of pyridine rings is 2. The molecule has 25 heavy (non-hydrogen) atoms. The third kappa shape index (κ3) is 2.43. The second kappa shape index (κ2) is 5.55. The fourth-order valence-electron chi connectivity index (χ4n) is 3.52. The van der Waals surface area contributed by atoms with E-state index >= 15 is 0 Å². The van der Waals surface area contributed by atoms with Gasteiger partial charge in [-0.3, -0.25) is 9.78 Å². The molecule has 0 saturated heterocycles. The number of hydrogen-bond donors (Lipinski definition) is 1. The zero-order chi connectivity index (χ0) is 17.7. The van der Waals surface area contributed by atoms with Gasteiger partial charge in [-0.25, -0.2) is 4.79 Å². The second-order valence-corrected chi connectivity index (χ2v) is 6.65. The van der Waals surface area contributed by atoms with Crippen molar-refractivity contribution in [2.45, 2.75) is 32.7 Å². The summed E-state index contributed by atoms with van der Waals surface area (Å²) in [5, 5.41) is 9.93. The van der Waals surface area contributed by atoms with Gasteiger partial charge in [-0.15, -0.1) is 0 Å². The van der Waals surface area contributed by atoms with Crippen molar-refractivity contribution in [3.8, 4) is 11.1 Å². The molecule has 1 fully saturated rings. The van der Waals surface area contributed by atoms with E-state index < -0.39 is 11.4 Å². The minimum absolute atomic E-state index is 0.156. The van der Waals surface area contributed by atoms with E-state index in [9.17, 15) is 14.7 Å². The van der Waals surface area contributed by atoms with Gasteiger partial charge >= 0.3 is 5.97 Å². The molecule has 1 saturated carbocycles. The molecule has 1 aliphatic carbocycles.